The van der Waals surface area contributed by atoms with Gasteiger partial charge < -0.3 is 23.7 Å². The summed E-state index contributed by atoms with van der Waals surface area (Å²) >= 11 is 0. The van der Waals surface area contributed by atoms with Crippen LogP contribution < -0.4 is 9.47 Å². The third-order valence-electron chi connectivity index (χ3n) is 3.62. The van der Waals surface area contributed by atoms with Gasteiger partial charge in [-0.05, 0) is 44.5 Å². The fourth-order valence-corrected chi connectivity index (χ4v) is 2.42. The first-order chi connectivity index (χ1) is 13.2. The van der Waals surface area contributed by atoms with Gasteiger partial charge >= 0.3 is 17.9 Å². The van der Waals surface area contributed by atoms with Gasteiger partial charge in [0.25, 0.3) is 5.79 Å². The molecule has 1 heterocycles. The van der Waals surface area contributed by atoms with E-state index in [-0.39, 0.29) is 12.2 Å². The third-order valence-corrected chi connectivity index (χ3v) is 3.62. The zero-order valence-corrected chi connectivity index (χ0v) is 16.6. The highest BCUT2D eigenvalue weighted by atomic mass is 16.7. The average Bonchev–Trinajstić information content (AvgIpc) is 2.59. The molecule has 1 aliphatic rings. The van der Waals surface area contributed by atoms with Crippen molar-refractivity contribution in [1.29, 1.82) is 0 Å². The molecule has 1 unspecified atom stereocenters. The highest BCUT2D eigenvalue weighted by Gasteiger charge is 2.38. The van der Waals surface area contributed by atoms with Crippen LogP contribution in [0.5, 0.6) is 11.5 Å². The molecule has 1 saturated heterocycles. The molecule has 1 atom stereocenters. The van der Waals surface area contributed by atoms with Crippen molar-refractivity contribution < 1.29 is 38.1 Å². The van der Waals surface area contributed by atoms with E-state index in [0.717, 1.165) is 0 Å². The number of carbonyl (C=O) groups excluding carboxylic acids is 3. The second kappa shape index (κ2) is 8.77. The maximum Gasteiger partial charge on any atom is 0.348 e. The van der Waals surface area contributed by atoms with Crippen LogP contribution in [0.25, 0.3) is 6.08 Å². The molecule has 0 saturated carbocycles. The second-order valence-corrected chi connectivity index (χ2v) is 6.39. The Hall–Kier alpha value is -3.03. The molecule has 0 N–H and O–H groups in total. The van der Waals surface area contributed by atoms with E-state index in [1.54, 1.807) is 39.0 Å². The van der Waals surface area contributed by atoms with E-state index < -0.39 is 29.8 Å². The van der Waals surface area contributed by atoms with Crippen molar-refractivity contribution in [1.82, 2.24) is 0 Å². The average molecular weight is 392 g/mol. The third kappa shape index (κ3) is 5.25. The number of carbonyl (C=O) groups is 3. The van der Waals surface area contributed by atoms with Crippen LogP contribution in [0.2, 0.25) is 0 Å². The molecule has 0 aliphatic carbocycles. The molecule has 1 aromatic rings. The molecule has 2 rings (SSSR count). The maximum atomic E-state index is 12.1. The van der Waals surface area contributed by atoms with Crippen molar-refractivity contribution >= 4 is 24.0 Å². The van der Waals surface area contributed by atoms with E-state index in [4.69, 9.17) is 23.7 Å². The van der Waals surface area contributed by atoms with Crippen molar-refractivity contribution in [3.8, 4) is 11.5 Å². The second-order valence-electron chi connectivity index (χ2n) is 6.39. The molecule has 8 heteroatoms. The Bertz CT molecular complexity index is 771. The van der Waals surface area contributed by atoms with E-state index in [9.17, 15) is 14.4 Å². The number of cyclic esters (lactones) is 2. The molecule has 1 aromatic carbocycles. The maximum absolute atomic E-state index is 12.1. The van der Waals surface area contributed by atoms with E-state index in [2.05, 4.69) is 0 Å². The quantitative estimate of drug-likeness (QED) is 0.397. The summed E-state index contributed by atoms with van der Waals surface area (Å²) in [4.78, 5) is 35.9. The van der Waals surface area contributed by atoms with Crippen LogP contribution in [0.3, 0.4) is 0 Å². The first-order valence-electron chi connectivity index (χ1n) is 8.95. The molecule has 152 valence electrons. The van der Waals surface area contributed by atoms with E-state index in [1.807, 2.05) is 0 Å². The van der Waals surface area contributed by atoms with Crippen molar-refractivity contribution in [3.63, 3.8) is 0 Å². The Balaban J connectivity index is 2.28. The Kier molecular flexibility index (Phi) is 6.66. The van der Waals surface area contributed by atoms with Crippen LogP contribution in [0.4, 0.5) is 0 Å². The summed E-state index contributed by atoms with van der Waals surface area (Å²) in [6.45, 7) is 8.62. The molecule has 28 heavy (non-hydrogen) atoms. The highest BCUT2D eigenvalue weighted by Crippen LogP contribution is 2.31. The fourth-order valence-electron chi connectivity index (χ4n) is 2.42. The largest absolute Gasteiger partial charge is 0.490 e. The Morgan fingerprint density at radius 1 is 1.11 bits per heavy atom. The minimum Gasteiger partial charge on any atom is -0.490 e. The highest BCUT2D eigenvalue weighted by molar-refractivity contribution is 6.18. The Morgan fingerprint density at radius 3 is 2.32 bits per heavy atom. The first-order valence-corrected chi connectivity index (χ1v) is 8.95. The van der Waals surface area contributed by atoms with E-state index in [0.29, 0.717) is 23.7 Å². The summed E-state index contributed by atoms with van der Waals surface area (Å²) in [7, 11) is 0. The van der Waals surface area contributed by atoms with E-state index >= 15 is 0 Å². The molecule has 0 radical (unpaired) electrons. The molecule has 1 aliphatic heterocycles. The van der Waals surface area contributed by atoms with Crippen LogP contribution in [0, 0.1) is 0 Å². The predicted molar refractivity (Wildman–Crippen MR) is 98.6 cm³/mol. The number of ether oxygens (including phenoxy) is 5. The van der Waals surface area contributed by atoms with Crippen LogP contribution in [0.15, 0.2) is 23.8 Å². The molecule has 0 spiro atoms. The first kappa shape index (κ1) is 21.3. The van der Waals surface area contributed by atoms with Gasteiger partial charge in [-0.15, -0.1) is 0 Å². The van der Waals surface area contributed by atoms with Crippen molar-refractivity contribution in [2.24, 2.45) is 0 Å². The number of esters is 3. The minimum atomic E-state index is -1.30. The van der Waals surface area contributed by atoms with Crippen molar-refractivity contribution in [2.45, 2.75) is 46.5 Å². The summed E-state index contributed by atoms with van der Waals surface area (Å²) in [6, 6.07) is 4.78. The lowest BCUT2D eigenvalue weighted by Crippen LogP contribution is -2.41. The minimum absolute atomic E-state index is 0.227. The van der Waals surface area contributed by atoms with Crippen LogP contribution in [-0.2, 0) is 28.6 Å². The van der Waals surface area contributed by atoms with Gasteiger partial charge in [-0.25, -0.2) is 14.4 Å². The molecule has 8 nitrogen and oxygen atoms in total. The normalized spacial score (nSPS) is 16.5. The van der Waals surface area contributed by atoms with Gasteiger partial charge in [0, 0.05) is 13.8 Å². The molecular formula is C20H24O8. The zero-order chi connectivity index (χ0) is 20.9. The van der Waals surface area contributed by atoms with Crippen molar-refractivity contribution in [2.75, 3.05) is 13.2 Å². The molecule has 0 aromatic heterocycles. The summed E-state index contributed by atoms with van der Waals surface area (Å²) < 4.78 is 26.3. The number of hydrogen-bond donors (Lipinski definition) is 0. The van der Waals surface area contributed by atoms with Gasteiger partial charge in [0.1, 0.15) is 5.57 Å². The summed E-state index contributed by atoms with van der Waals surface area (Å²) in [5.41, 5.74) is 0.276. The molecule has 0 amide bonds. The van der Waals surface area contributed by atoms with Crippen LogP contribution in [0.1, 0.15) is 40.2 Å². The monoisotopic (exact) mass is 392 g/mol. The fraction of sp³-hybridized carbons (Fsp3) is 0.450. The van der Waals surface area contributed by atoms with Crippen LogP contribution >= 0.6 is 0 Å². The smallest absolute Gasteiger partial charge is 0.348 e. The molecule has 1 fully saturated rings. The van der Waals surface area contributed by atoms with Gasteiger partial charge in [-0.1, -0.05) is 6.07 Å². The number of hydrogen-bond acceptors (Lipinski definition) is 8. The summed E-state index contributed by atoms with van der Waals surface area (Å²) in [5, 5.41) is 0. The Labute approximate surface area is 163 Å². The van der Waals surface area contributed by atoms with Gasteiger partial charge in [0.05, 0.1) is 13.2 Å². The molecule has 0 bridgehead atoms. The number of rotatable bonds is 7. The van der Waals surface area contributed by atoms with Gasteiger partial charge in [0.2, 0.25) is 0 Å². The van der Waals surface area contributed by atoms with Crippen LogP contribution in [-0.4, -0.2) is 43.0 Å². The standard InChI is InChI=1S/C20H24O8/c1-6-24-16-11-13(8-9-15(16)26-12(3)17(21)25-7-2)10-14-18(22)27-20(4,5)28-19(14)23/h8-12H,6-7H2,1-5H3. The van der Waals surface area contributed by atoms with Gasteiger partial charge in [-0.2, -0.15) is 0 Å². The zero-order valence-electron chi connectivity index (χ0n) is 16.6. The SMILES string of the molecule is CCOC(=O)C(C)Oc1ccc(C=C2C(=O)OC(C)(C)OC2=O)cc1OCC. The lowest BCUT2D eigenvalue weighted by atomic mass is 10.1. The summed E-state index contributed by atoms with van der Waals surface area (Å²) in [5.74, 6) is -2.65. The van der Waals surface area contributed by atoms with Gasteiger partial charge in [0.15, 0.2) is 17.6 Å². The number of benzene rings is 1. The Morgan fingerprint density at radius 2 is 1.75 bits per heavy atom. The topological polar surface area (TPSA) is 97.4 Å². The molecular weight excluding hydrogens is 368 g/mol. The van der Waals surface area contributed by atoms with E-state index in [1.165, 1.54) is 19.9 Å². The lowest BCUT2D eigenvalue weighted by molar-refractivity contribution is -0.222. The van der Waals surface area contributed by atoms with Crippen molar-refractivity contribution in [3.05, 3.63) is 29.3 Å². The lowest BCUT2D eigenvalue weighted by Gasteiger charge is -2.29. The van der Waals surface area contributed by atoms with Gasteiger partial charge in [-0.3, -0.25) is 0 Å². The predicted octanol–water partition coefficient (Wildman–Crippen LogP) is 2.64. The summed E-state index contributed by atoms with van der Waals surface area (Å²) in [6.07, 6.45) is 0.523.